The highest BCUT2D eigenvalue weighted by atomic mass is 35.5. The van der Waals surface area contributed by atoms with Crippen LogP contribution < -0.4 is 4.74 Å². The highest BCUT2D eigenvalue weighted by molar-refractivity contribution is 6.30. The van der Waals surface area contributed by atoms with Crippen molar-refractivity contribution in [3.05, 3.63) is 82.5 Å². The number of hydrogen-bond donors (Lipinski definition) is 0. The zero-order chi connectivity index (χ0) is 20.9. The molecule has 0 spiro atoms. The summed E-state index contributed by atoms with van der Waals surface area (Å²) in [6.45, 7) is 3.36. The third-order valence-corrected chi connectivity index (χ3v) is 5.64. The van der Waals surface area contributed by atoms with Gasteiger partial charge in [0.05, 0.1) is 12.1 Å². The van der Waals surface area contributed by atoms with Crippen LogP contribution >= 0.6 is 11.6 Å². The topological polar surface area (TPSA) is 55.6 Å². The Bertz CT molecular complexity index is 1020. The van der Waals surface area contributed by atoms with E-state index in [-0.39, 0.29) is 18.4 Å². The molecule has 2 aromatic carbocycles. The van der Waals surface area contributed by atoms with Crippen LogP contribution in [0.25, 0.3) is 0 Å². The van der Waals surface area contributed by atoms with Crippen LogP contribution in [0.3, 0.4) is 0 Å². The first-order valence-corrected chi connectivity index (χ1v) is 10.6. The molecule has 5 nitrogen and oxygen atoms in total. The van der Waals surface area contributed by atoms with Crippen molar-refractivity contribution in [1.29, 1.82) is 0 Å². The molecule has 1 aromatic heterocycles. The lowest BCUT2D eigenvalue weighted by Crippen LogP contribution is -2.41. The molecule has 0 N–H and O–H groups in total. The molecule has 1 saturated heterocycles. The lowest BCUT2D eigenvalue weighted by molar-refractivity contribution is -0.134. The number of ether oxygens (including phenoxy) is 1. The van der Waals surface area contributed by atoms with Gasteiger partial charge in [-0.1, -0.05) is 41.9 Å². The molecular formula is C24H25ClN2O3. The van der Waals surface area contributed by atoms with E-state index in [1.54, 1.807) is 6.20 Å². The van der Waals surface area contributed by atoms with Crippen molar-refractivity contribution in [2.75, 3.05) is 19.7 Å². The second kappa shape index (κ2) is 9.35. The lowest BCUT2D eigenvalue weighted by atomic mass is 9.98. The molecule has 6 heteroatoms. The van der Waals surface area contributed by atoms with Crippen LogP contribution in [0.15, 0.2) is 59.1 Å². The molecular weight excluding hydrogens is 400 g/mol. The van der Waals surface area contributed by atoms with E-state index in [1.807, 2.05) is 60.4 Å². The van der Waals surface area contributed by atoms with Gasteiger partial charge < -0.3 is 14.1 Å². The summed E-state index contributed by atoms with van der Waals surface area (Å²) in [7, 11) is 0. The average Bonchev–Trinajstić information content (AvgIpc) is 3.21. The van der Waals surface area contributed by atoms with Crippen molar-refractivity contribution < 1.29 is 13.9 Å². The maximum atomic E-state index is 12.7. The molecule has 4 rings (SSSR count). The Balaban J connectivity index is 1.35. The molecule has 0 saturated carbocycles. The molecule has 156 valence electrons. The molecule has 3 aromatic rings. The number of carbonyl (C=O) groups excluding carboxylic acids is 1. The molecule has 1 amide bonds. The summed E-state index contributed by atoms with van der Waals surface area (Å²) in [5, 5.41) is 0.710. The number of likely N-dealkylation sites (tertiary alicyclic amines) is 1. The van der Waals surface area contributed by atoms with Crippen LogP contribution in [-0.4, -0.2) is 35.5 Å². The molecule has 2 heterocycles. The Morgan fingerprint density at radius 2 is 2.13 bits per heavy atom. The minimum atomic E-state index is -0.00587. The number of rotatable bonds is 6. The van der Waals surface area contributed by atoms with E-state index in [0.717, 1.165) is 42.0 Å². The molecule has 1 atom stereocenters. The van der Waals surface area contributed by atoms with E-state index in [2.05, 4.69) is 4.98 Å². The third kappa shape index (κ3) is 5.03. The zero-order valence-corrected chi connectivity index (χ0v) is 17.8. The summed E-state index contributed by atoms with van der Waals surface area (Å²) in [6.07, 6.45) is 4.30. The lowest BCUT2D eigenvalue weighted by Gasteiger charge is -2.31. The van der Waals surface area contributed by atoms with Gasteiger partial charge in [-0.15, -0.1) is 0 Å². The molecule has 0 radical (unpaired) electrons. The summed E-state index contributed by atoms with van der Waals surface area (Å²) in [6, 6.07) is 15.5. The summed E-state index contributed by atoms with van der Waals surface area (Å²) >= 11 is 6.06. The fourth-order valence-corrected chi connectivity index (χ4v) is 4.01. The number of piperidine rings is 1. The molecule has 1 fully saturated rings. The van der Waals surface area contributed by atoms with Crippen molar-refractivity contribution in [2.45, 2.75) is 32.1 Å². The minimum absolute atomic E-state index is 0.00587. The first-order chi connectivity index (χ1) is 14.6. The predicted molar refractivity (Wildman–Crippen MR) is 116 cm³/mol. The van der Waals surface area contributed by atoms with Gasteiger partial charge in [0.2, 0.25) is 0 Å². The summed E-state index contributed by atoms with van der Waals surface area (Å²) in [4.78, 5) is 19.0. The van der Waals surface area contributed by atoms with Gasteiger partial charge in [-0.3, -0.25) is 4.79 Å². The van der Waals surface area contributed by atoms with Crippen molar-refractivity contribution >= 4 is 17.5 Å². The monoisotopic (exact) mass is 424 g/mol. The quantitative estimate of drug-likeness (QED) is 0.558. The molecule has 0 bridgehead atoms. The number of hydrogen-bond acceptors (Lipinski definition) is 4. The van der Waals surface area contributed by atoms with E-state index in [9.17, 15) is 4.79 Å². The van der Waals surface area contributed by atoms with Gasteiger partial charge >= 0.3 is 0 Å². The first-order valence-electron chi connectivity index (χ1n) is 10.2. The average molecular weight is 425 g/mol. The van der Waals surface area contributed by atoms with Gasteiger partial charge in [0.1, 0.15) is 11.5 Å². The van der Waals surface area contributed by atoms with Crippen molar-refractivity contribution in [3.8, 4) is 5.75 Å². The van der Waals surface area contributed by atoms with Crippen LogP contribution in [0.2, 0.25) is 5.02 Å². The Morgan fingerprint density at radius 1 is 1.27 bits per heavy atom. The van der Waals surface area contributed by atoms with Gasteiger partial charge in [-0.25, -0.2) is 4.98 Å². The molecule has 30 heavy (non-hydrogen) atoms. The van der Waals surface area contributed by atoms with E-state index in [1.165, 1.54) is 0 Å². The molecule has 1 aliphatic rings. The first kappa shape index (κ1) is 20.5. The van der Waals surface area contributed by atoms with Gasteiger partial charge in [0.15, 0.2) is 12.5 Å². The summed E-state index contributed by atoms with van der Waals surface area (Å²) in [5.41, 5.74) is 2.10. The fourth-order valence-electron chi connectivity index (χ4n) is 3.80. The summed E-state index contributed by atoms with van der Waals surface area (Å²) < 4.78 is 11.7. The van der Waals surface area contributed by atoms with Crippen molar-refractivity contribution in [3.63, 3.8) is 0 Å². The Morgan fingerprint density at radius 3 is 2.97 bits per heavy atom. The van der Waals surface area contributed by atoms with E-state index >= 15 is 0 Å². The smallest absolute Gasteiger partial charge is 0.260 e. The fraction of sp³-hybridized carbons (Fsp3) is 0.333. The SMILES string of the molecule is Cc1ccccc1OCC(=O)N1CCCC(c2ncc(Cc3cccc(Cl)c3)o2)C1. The highest BCUT2D eigenvalue weighted by Crippen LogP contribution is 2.28. The van der Waals surface area contributed by atoms with Gasteiger partial charge in [0, 0.05) is 24.5 Å². The number of aryl methyl sites for hydroxylation is 1. The Labute approximate surface area is 181 Å². The second-order valence-corrected chi connectivity index (χ2v) is 8.14. The maximum Gasteiger partial charge on any atom is 0.260 e. The normalized spacial score (nSPS) is 16.5. The number of halogens is 1. The number of oxazole rings is 1. The van der Waals surface area contributed by atoms with E-state index < -0.39 is 0 Å². The number of nitrogens with zero attached hydrogens (tertiary/aromatic N) is 2. The maximum absolute atomic E-state index is 12.7. The van der Waals surface area contributed by atoms with Crippen LogP contribution in [-0.2, 0) is 11.2 Å². The molecule has 0 aliphatic carbocycles. The van der Waals surface area contributed by atoms with E-state index in [0.29, 0.717) is 23.9 Å². The third-order valence-electron chi connectivity index (χ3n) is 5.41. The minimum Gasteiger partial charge on any atom is -0.484 e. The van der Waals surface area contributed by atoms with Gasteiger partial charge in [0.25, 0.3) is 5.91 Å². The number of para-hydroxylation sites is 1. The Hall–Kier alpha value is -2.79. The molecule has 1 unspecified atom stereocenters. The Kier molecular flexibility index (Phi) is 6.38. The highest BCUT2D eigenvalue weighted by Gasteiger charge is 2.28. The zero-order valence-electron chi connectivity index (χ0n) is 17.0. The standard InChI is InChI=1S/C24H25ClN2O3/c1-17-6-2-3-10-22(17)29-16-23(28)27-11-5-8-19(15-27)24-26-14-21(30-24)13-18-7-4-9-20(25)12-18/h2-4,6-7,9-10,12,14,19H,5,8,11,13,15-16H2,1H3. The van der Waals surface area contributed by atoms with E-state index in [4.69, 9.17) is 20.8 Å². The van der Waals surface area contributed by atoms with Crippen LogP contribution in [0.4, 0.5) is 0 Å². The number of aromatic nitrogens is 1. The van der Waals surface area contributed by atoms with Gasteiger partial charge in [-0.2, -0.15) is 0 Å². The van der Waals surface area contributed by atoms with Crippen molar-refractivity contribution in [2.24, 2.45) is 0 Å². The largest absolute Gasteiger partial charge is 0.484 e. The number of carbonyl (C=O) groups is 1. The number of amides is 1. The number of benzene rings is 2. The summed E-state index contributed by atoms with van der Waals surface area (Å²) in [5.74, 6) is 2.35. The van der Waals surface area contributed by atoms with Crippen LogP contribution in [0.1, 0.15) is 41.5 Å². The van der Waals surface area contributed by atoms with Crippen LogP contribution in [0, 0.1) is 6.92 Å². The van der Waals surface area contributed by atoms with Crippen LogP contribution in [0.5, 0.6) is 5.75 Å². The predicted octanol–water partition coefficient (Wildman–Crippen LogP) is 5.01. The van der Waals surface area contributed by atoms with Gasteiger partial charge in [-0.05, 0) is 49.1 Å². The van der Waals surface area contributed by atoms with Crippen molar-refractivity contribution in [1.82, 2.24) is 9.88 Å². The second-order valence-electron chi connectivity index (χ2n) is 7.70. The molecule has 1 aliphatic heterocycles.